The fourth-order valence-corrected chi connectivity index (χ4v) is 2.65. The molecular formula is C20H26N2O2. The van der Waals surface area contributed by atoms with E-state index in [2.05, 4.69) is 11.4 Å². The number of carbonyl (C=O) groups is 1. The van der Waals surface area contributed by atoms with Crippen molar-refractivity contribution in [1.82, 2.24) is 5.32 Å². The fourth-order valence-electron chi connectivity index (χ4n) is 2.65. The molecule has 0 bridgehead atoms. The summed E-state index contributed by atoms with van der Waals surface area (Å²) in [6.45, 7) is 6.81. The number of amides is 1. The molecule has 0 saturated carbocycles. The zero-order chi connectivity index (χ0) is 17.5. The van der Waals surface area contributed by atoms with E-state index in [0.717, 1.165) is 22.4 Å². The van der Waals surface area contributed by atoms with E-state index < -0.39 is 0 Å². The second-order valence-electron chi connectivity index (χ2n) is 6.19. The lowest BCUT2D eigenvalue weighted by Gasteiger charge is -2.20. The Labute approximate surface area is 144 Å². The highest BCUT2D eigenvalue weighted by molar-refractivity contribution is 5.79. The lowest BCUT2D eigenvalue weighted by molar-refractivity contribution is -0.125. The Bertz CT molecular complexity index is 650. The van der Waals surface area contributed by atoms with Gasteiger partial charge in [0.15, 0.2) is 0 Å². The number of rotatable bonds is 7. The second kappa shape index (κ2) is 8.50. The number of aryl methyl sites for hydroxylation is 2. The Hall–Kier alpha value is -2.33. The Kier molecular flexibility index (Phi) is 6.38. The minimum absolute atomic E-state index is 0.0598. The molecule has 1 amide bonds. The van der Waals surface area contributed by atoms with Gasteiger partial charge in [-0.1, -0.05) is 43.3 Å². The molecule has 0 aliphatic rings. The monoisotopic (exact) mass is 326 g/mol. The molecule has 2 aromatic rings. The lowest BCUT2D eigenvalue weighted by Crippen LogP contribution is -2.37. The van der Waals surface area contributed by atoms with Gasteiger partial charge in [0.05, 0.1) is 12.5 Å². The van der Waals surface area contributed by atoms with Crippen LogP contribution < -0.4 is 15.8 Å². The molecule has 0 saturated heterocycles. The van der Waals surface area contributed by atoms with E-state index in [4.69, 9.17) is 10.5 Å². The number of hydrogen-bond donors (Lipinski definition) is 2. The number of carbonyl (C=O) groups excluding carboxylic acids is 1. The molecule has 2 atom stereocenters. The number of nitrogens with one attached hydrogen (secondary N) is 1. The van der Waals surface area contributed by atoms with Gasteiger partial charge in [0.25, 0.3) is 0 Å². The van der Waals surface area contributed by atoms with Crippen LogP contribution in [-0.2, 0) is 4.79 Å². The van der Waals surface area contributed by atoms with Gasteiger partial charge in [0, 0.05) is 6.04 Å². The predicted molar refractivity (Wildman–Crippen MR) is 97.0 cm³/mol. The summed E-state index contributed by atoms with van der Waals surface area (Å²) in [4.78, 5) is 12.2. The average molecular weight is 326 g/mol. The molecule has 0 radical (unpaired) electrons. The summed E-state index contributed by atoms with van der Waals surface area (Å²) < 4.78 is 5.70. The molecule has 0 aromatic heterocycles. The molecule has 4 nitrogen and oxygen atoms in total. The summed E-state index contributed by atoms with van der Waals surface area (Å²) in [5.41, 5.74) is 9.47. The number of hydrogen-bond acceptors (Lipinski definition) is 3. The molecule has 4 heteroatoms. The van der Waals surface area contributed by atoms with Crippen LogP contribution in [0, 0.1) is 19.8 Å². The van der Waals surface area contributed by atoms with Crippen LogP contribution in [0.4, 0.5) is 0 Å². The standard InChI is InChI=1S/C20H26N2O2/c1-14-11-15(2)13-18(12-14)24-10-9-22-20(23)16(3)19(21)17-7-5-4-6-8-17/h4-8,11-13,16,19H,9-10,21H2,1-3H3,(H,22,23). The number of benzene rings is 2. The van der Waals surface area contributed by atoms with E-state index >= 15 is 0 Å². The SMILES string of the molecule is Cc1cc(C)cc(OCCNC(=O)C(C)C(N)c2ccccc2)c1. The van der Waals surface area contributed by atoms with Gasteiger partial charge >= 0.3 is 0 Å². The van der Waals surface area contributed by atoms with E-state index in [1.165, 1.54) is 0 Å². The fraction of sp³-hybridized carbons (Fsp3) is 0.350. The van der Waals surface area contributed by atoms with Gasteiger partial charge in [0.1, 0.15) is 12.4 Å². The van der Waals surface area contributed by atoms with Gasteiger partial charge < -0.3 is 15.8 Å². The molecule has 2 rings (SSSR count). The quantitative estimate of drug-likeness (QED) is 0.768. The molecule has 0 heterocycles. The van der Waals surface area contributed by atoms with Crippen molar-refractivity contribution in [1.29, 1.82) is 0 Å². The molecule has 24 heavy (non-hydrogen) atoms. The van der Waals surface area contributed by atoms with Gasteiger partial charge in [-0.15, -0.1) is 0 Å². The van der Waals surface area contributed by atoms with Crippen molar-refractivity contribution < 1.29 is 9.53 Å². The molecule has 2 unspecified atom stereocenters. The zero-order valence-corrected chi connectivity index (χ0v) is 14.6. The van der Waals surface area contributed by atoms with Crippen molar-refractivity contribution in [3.63, 3.8) is 0 Å². The van der Waals surface area contributed by atoms with Crippen molar-refractivity contribution in [3.05, 3.63) is 65.2 Å². The Morgan fingerprint density at radius 1 is 1.12 bits per heavy atom. The van der Waals surface area contributed by atoms with Crippen molar-refractivity contribution >= 4 is 5.91 Å². The summed E-state index contributed by atoms with van der Waals surface area (Å²) in [5, 5.41) is 2.89. The van der Waals surface area contributed by atoms with Gasteiger partial charge in [-0.25, -0.2) is 0 Å². The average Bonchev–Trinajstić information content (AvgIpc) is 2.57. The molecule has 128 valence electrons. The summed E-state index contributed by atoms with van der Waals surface area (Å²) >= 11 is 0. The first-order chi connectivity index (χ1) is 11.5. The summed E-state index contributed by atoms with van der Waals surface area (Å²) in [6, 6.07) is 15.4. The van der Waals surface area contributed by atoms with Gasteiger partial charge in [-0.3, -0.25) is 4.79 Å². The van der Waals surface area contributed by atoms with Gasteiger partial charge in [-0.05, 0) is 42.7 Å². The second-order valence-corrected chi connectivity index (χ2v) is 6.19. The Morgan fingerprint density at radius 3 is 2.38 bits per heavy atom. The van der Waals surface area contributed by atoms with E-state index in [1.807, 2.05) is 63.2 Å². The Morgan fingerprint density at radius 2 is 1.75 bits per heavy atom. The van der Waals surface area contributed by atoms with Crippen LogP contribution in [0.1, 0.15) is 29.7 Å². The smallest absolute Gasteiger partial charge is 0.224 e. The number of nitrogens with two attached hydrogens (primary N) is 1. The van der Waals surface area contributed by atoms with Crippen molar-refractivity contribution in [2.75, 3.05) is 13.2 Å². The summed E-state index contributed by atoms with van der Waals surface area (Å²) in [6.07, 6.45) is 0. The maximum Gasteiger partial charge on any atom is 0.224 e. The first kappa shape index (κ1) is 18.0. The van der Waals surface area contributed by atoms with Crippen LogP contribution in [-0.4, -0.2) is 19.1 Å². The van der Waals surface area contributed by atoms with Crippen LogP contribution in [0.3, 0.4) is 0 Å². The predicted octanol–water partition coefficient (Wildman–Crippen LogP) is 3.13. The van der Waals surface area contributed by atoms with E-state index in [9.17, 15) is 4.79 Å². The van der Waals surface area contributed by atoms with E-state index in [0.29, 0.717) is 13.2 Å². The maximum absolute atomic E-state index is 12.2. The van der Waals surface area contributed by atoms with Gasteiger partial charge in [0.2, 0.25) is 5.91 Å². The lowest BCUT2D eigenvalue weighted by atomic mass is 9.95. The topological polar surface area (TPSA) is 64.3 Å². The third-order valence-electron chi connectivity index (χ3n) is 4.00. The van der Waals surface area contributed by atoms with Crippen molar-refractivity contribution in [2.45, 2.75) is 26.8 Å². The van der Waals surface area contributed by atoms with E-state index in [-0.39, 0.29) is 17.9 Å². The molecule has 0 aliphatic carbocycles. The van der Waals surface area contributed by atoms with Crippen LogP contribution >= 0.6 is 0 Å². The molecular weight excluding hydrogens is 300 g/mol. The summed E-state index contributed by atoms with van der Waals surface area (Å²) in [5.74, 6) is 0.472. The first-order valence-corrected chi connectivity index (χ1v) is 8.26. The molecule has 0 fully saturated rings. The first-order valence-electron chi connectivity index (χ1n) is 8.26. The highest BCUT2D eigenvalue weighted by atomic mass is 16.5. The van der Waals surface area contributed by atoms with Crippen LogP contribution in [0.5, 0.6) is 5.75 Å². The normalized spacial score (nSPS) is 13.2. The minimum Gasteiger partial charge on any atom is -0.492 e. The van der Waals surface area contributed by atoms with Crippen LogP contribution in [0.25, 0.3) is 0 Å². The minimum atomic E-state index is -0.313. The van der Waals surface area contributed by atoms with Crippen molar-refractivity contribution in [2.24, 2.45) is 11.7 Å². The third-order valence-corrected chi connectivity index (χ3v) is 4.00. The Balaban J connectivity index is 1.78. The third kappa shape index (κ3) is 5.10. The van der Waals surface area contributed by atoms with E-state index in [1.54, 1.807) is 0 Å². The van der Waals surface area contributed by atoms with Crippen molar-refractivity contribution in [3.8, 4) is 5.75 Å². The van der Waals surface area contributed by atoms with Crippen LogP contribution in [0.15, 0.2) is 48.5 Å². The van der Waals surface area contributed by atoms with Gasteiger partial charge in [-0.2, -0.15) is 0 Å². The molecule has 0 spiro atoms. The highest BCUT2D eigenvalue weighted by Gasteiger charge is 2.21. The summed E-state index contributed by atoms with van der Waals surface area (Å²) in [7, 11) is 0. The van der Waals surface area contributed by atoms with Crippen LogP contribution in [0.2, 0.25) is 0 Å². The molecule has 2 aromatic carbocycles. The highest BCUT2D eigenvalue weighted by Crippen LogP contribution is 2.19. The zero-order valence-electron chi connectivity index (χ0n) is 14.6. The molecule has 0 aliphatic heterocycles. The largest absolute Gasteiger partial charge is 0.492 e. The maximum atomic E-state index is 12.2. The number of ether oxygens (including phenoxy) is 1. The molecule has 3 N–H and O–H groups in total.